The summed E-state index contributed by atoms with van der Waals surface area (Å²) >= 11 is 2.42. The maximum absolute atomic E-state index is 5.71. The van der Waals surface area contributed by atoms with E-state index in [-0.39, 0.29) is 6.04 Å². The van der Waals surface area contributed by atoms with E-state index in [1.165, 1.54) is 14.7 Å². The van der Waals surface area contributed by atoms with Gasteiger partial charge < -0.3 is 10.1 Å². The quantitative estimate of drug-likeness (QED) is 0.845. The van der Waals surface area contributed by atoms with E-state index in [4.69, 9.17) is 4.74 Å². The molecular formula is C14H18INO. The molecule has 0 saturated carbocycles. The summed E-state index contributed by atoms with van der Waals surface area (Å²) in [6.07, 6.45) is 3.23. The molecule has 0 radical (unpaired) electrons. The molecule has 0 saturated heterocycles. The van der Waals surface area contributed by atoms with Gasteiger partial charge in [0.15, 0.2) is 0 Å². The second-order valence-electron chi connectivity index (χ2n) is 4.21. The Kier molecular flexibility index (Phi) is 4.45. The van der Waals surface area contributed by atoms with Crippen LogP contribution >= 0.6 is 22.6 Å². The van der Waals surface area contributed by atoms with Gasteiger partial charge in [0.25, 0.3) is 0 Å². The van der Waals surface area contributed by atoms with Gasteiger partial charge in [-0.1, -0.05) is 25.1 Å². The molecule has 1 atom stereocenters. The second kappa shape index (κ2) is 5.87. The van der Waals surface area contributed by atoms with Crippen LogP contribution in [-0.4, -0.2) is 13.2 Å². The van der Waals surface area contributed by atoms with Gasteiger partial charge >= 0.3 is 0 Å². The maximum atomic E-state index is 5.71. The largest absolute Gasteiger partial charge is 0.496 e. The van der Waals surface area contributed by atoms with Crippen LogP contribution in [0.2, 0.25) is 0 Å². The van der Waals surface area contributed by atoms with Crippen LogP contribution < -0.4 is 5.32 Å². The molecule has 0 bridgehead atoms. The zero-order chi connectivity index (χ0) is 12.3. The third kappa shape index (κ3) is 2.83. The van der Waals surface area contributed by atoms with E-state index >= 15 is 0 Å². The van der Waals surface area contributed by atoms with Crippen LogP contribution in [0, 0.1) is 10.5 Å². The highest BCUT2D eigenvalue weighted by atomic mass is 127. The topological polar surface area (TPSA) is 21.3 Å². The number of nitrogens with one attached hydrogen (secondary N) is 1. The van der Waals surface area contributed by atoms with E-state index in [2.05, 4.69) is 66.0 Å². The Balaban J connectivity index is 2.35. The number of benzene rings is 1. The highest BCUT2D eigenvalue weighted by molar-refractivity contribution is 14.1. The van der Waals surface area contributed by atoms with Gasteiger partial charge in [0.05, 0.1) is 12.6 Å². The molecule has 0 amide bonds. The number of halogens is 1. The van der Waals surface area contributed by atoms with E-state index < -0.39 is 0 Å². The number of likely N-dealkylation sites (N-methyl/N-ethyl adjacent to an activating group) is 1. The van der Waals surface area contributed by atoms with E-state index in [1.54, 1.807) is 0 Å². The van der Waals surface area contributed by atoms with Gasteiger partial charge in [-0.25, -0.2) is 0 Å². The summed E-state index contributed by atoms with van der Waals surface area (Å²) in [5.41, 5.74) is 2.64. The van der Waals surface area contributed by atoms with Gasteiger partial charge in [0, 0.05) is 9.99 Å². The molecule has 1 N–H and O–H groups in total. The Labute approximate surface area is 117 Å². The number of hydrogen-bond donors (Lipinski definition) is 1. The van der Waals surface area contributed by atoms with Crippen molar-refractivity contribution in [3.05, 3.63) is 44.7 Å². The summed E-state index contributed by atoms with van der Waals surface area (Å²) in [5, 5.41) is 3.51. The number of rotatable bonds is 4. The monoisotopic (exact) mass is 343 g/mol. The lowest BCUT2D eigenvalue weighted by Crippen LogP contribution is -2.24. The smallest absolute Gasteiger partial charge is 0.114 e. The Hall–Kier alpha value is -0.550. The molecule has 17 heavy (non-hydrogen) atoms. The zero-order valence-electron chi connectivity index (χ0n) is 10.3. The van der Waals surface area contributed by atoms with Crippen molar-refractivity contribution in [3.8, 4) is 0 Å². The predicted molar refractivity (Wildman–Crippen MR) is 79.0 cm³/mol. The third-order valence-corrected chi connectivity index (χ3v) is 4.43. The zero-order valence-corrected chi connectivity index (χ0v) is 12.5. The van der Waals surface area contributed by atoms with Gasteiger partial charge in [-0.05, 0) is 53.3 Å². The molecule has 0 aromatic heterocycles. The highest BCUT2D eigenvalue weighted by Gasteiger charge is 2.22. The minimum Gasteiger partial charge on any atom is -0.496 e. The molecule has 1 aromatic rings. The molecule has 0 fully saturated rings. The molecule has 92 valence electrons. The molecule has 1 aliphatic heterocycles. The number of hydrogen-bond acceptors (Lipinski definition) is 2. The minimum absolute atomic E-state index is 0.203. The van der Waals surface area contributed by atoms with Gasteiger partial charge in [0.2, 0.25) is 0 Å². The minimum atomic E-state index is 0.203. The number of ether oxygens (including phenoxy) is 1. The Morgan fingerprint density at radius 1 is 1.47 bits per heavy atom. The van der Waals surface area contributed by atoms with Crippen LogP contribution in [-0.2, 0) is 4.74 Å². The summed E-state index contributed by atoms with van der Waals surface area (Å²) in [7, 11) is 0. The summed E-state index contributed by atoms with van der Waals surface area (Å²) < 4.78 is 7.04. The van der Waals surface area contributed by atoms with E-state index in [0.29, 0.717) is 0 Å². The molecular weight excluding hydrogens is 325 g/mol. The first-order valence-electron chi connectivity index (χ1n) is 6.05. The molecule has 1 unspecified atom stereocenters. The lowest BCUT2D eigenvalue weighted by molar-refractivity contribution is 0.216. The molecule has 1 heterocycles. The van der Waals surface area contributed by atoms with Crippen molar-refractivity contribution in [3.63, 3.8) is 0 Å². The summed E-state index contributed by atoms with van der Waals surface area (Å²) in [6, 6.07) is 6.66. The lowest BCUT2D eigenvalue weighted by Gasteiger charge is -2.21. The van der Waals surface area contributed by atoms with Gasteiger partial charge in [-0.2, -0.15) is 0 Å². The fraction of sp³-hybridized carbons (Fsp3) is 0.429. The van der Waals surface area contributed by atoms with Crippen LogP contribution in [0.15, 0.2) is 30.0 Å². The third-order valence-electron chi connectivity index (χ3n) is 2.96. The maximum Gasteiger partial charge on any atom is 0.114 e. The van der Waals surface area contributed by atoms with E-state index in [0.717, 1.165) is 25.3 Å². The standard InChI is InChI=1S/C14H18INO/c1-3-16-14(12-8-5-9-17-12)11-7-4-6-10(2)13(11)15/h4,6-8,14,16H,3,5,9H2,1-2H3. The summed E-state index contributed by atoms with van der Waals surface area (Å²) in [4.78, 5) is 0. The fourth-order valence-electron chi connectivity index (χ4n) is 2.10. The van der Waals surface area contributed by atoms with Crippen LogP contribution in [0.3, 0.4) is 0 Å². The molecule has 2 nitrogen and oxygen atoms in total. The van der Waals surface area contributed by atoms with Crippen molar-refractivity contribution < 1.29 is 4.74 Å². The molecule has 0 aliphatic carbocycles. The van der Waals surface area contributed by atoms with Crippen LogP contribution in [0.1, 0.15) is 30.5 Å². The predicted octanol–water partition coefficient (Wildman–Crippen LogP) is 3.55. The highest BCUT2D eigenvalue weighted by Crippen LogP contribution is 2.30. The normalized spacial score (nSPS) is 16.5. The second-order valence-corrected chi connectivity index (χ2v) is 5.29. The van der Waals surface area contributed by atoms with Crippen molar-refractivity contribution in [2.75, 3.05) is 13.2 Å². The van der Waals surface area contributed by atoms with Crippen LogP contribution in [0.5, 0.6) is 0 Å². The number of aryl methyl sites for hydroxylation is 1. The van der Waals surface area contributed by atoms with Crippen LogP contribution in [0.4, 0.5) is 0 Å². The van der Waals surface area contributed by atoms with Crippen molar-refractivity contribution in [2.45, 2.75) is 26.3 Å². The first-order chi connectivity index (χ1) is 8.24. The Bertz CT molecular complexity index is 428. The van der Waals surface area contributed by atoms with E-state index in [9.17, 15) is 0 Å². The van der Waals surface area contributed by atoms with Gasteiger partial charge in [-0.3, -0.25) is 0 Å². The fourth-order valence-corrected chi connectivity index (χ4v) is 2.77. The summed E-state index contributed by atoms with van der Waals surface area (Å²) in [5.74, 6) is 1.08. The van der Waals surface area contributed by atoms with Crippen molar-refractivity contribution in [2.24, 2.45) is 0 Å². The van der Waals surface area contributed by atoms with Crippen molar-refractivity contribution in [1.82, 2.24) is 5.32 Å². The molecule has 1 aliphatic rings. The first kappa shape index (κ1) is 12.9. The van der Waals surface area contributed by atoms with Crippen molar-refractivity contribution >= 4 is 22.6 Å². The Morgan fingerprint density at radius 2 is 2.29 bits per heavy atom. The van der Waals surface area contributed by atoms with Gasteiger partial charge in [0.1, 0.15) is 5.76 Å². The SMILES string of the molecule is CCNC(C1=CCCO1)c1cccc(C)c1I. The average molecular weight is 343 g/mol. The molecule has 1 aromatic carbocycles. The van der Waals surface area contributed by atoms with Crippen LogP contribution in [0.25, 0.3) is 0 Å². The summed E-state index contributed by atoms with van der Waals surface area (Å²) in [6.45, 7) is 6.04. The van der Waals surface area contributed by atoms with E-state index in [1.807, 2.05) is 0 Å². The van der Waals surface area contributed by atoms with Crippen molar-refractivity contribution in [1.29, 1.82) is 0 Å². The molecule has 2 rings (SSSR count). The molecule has 3 heteroatoms. The molecule has 0 spiro atoms. The first-order valence-corrected chi connectivity index (χ1v) is 7.13. The lowest BCUT2D eigenvalue weighted by atomic mass is 10.0. The van der Waals surface area contributed by atoms with Gasteiger partial charge in [-0.15, -0.1) is 0 Å². The Morgan fingerprint density at radius 3 is 2.94 bits per heavy atom. The average Bonchev–Trinajstić information content (AvgIpc) is 2.84.